The lowest BCUT2D eigenvalue weighted by Crippen LogP contribution is -2.05. The molecule has 0 spiro atoms. The number of nitrogens with zero attached hydrogens (tertiary/aromatic N) is 4. The second kappa shape index (κ2) is 6.42. The molecule has 0 atom stereocenters. The fraction of sp³-hybridized carbons (Fsp3) is 0.0714. The normalized spacial score (nSPS) is 10.9. The van der Waals surface area contributed by atoms with Crippen LogP contribution in [0.5, 0.6) is 0 Å². The first-order valence-electron chi connectivity index (χ1n) is 6.21. The molecule has 0 bridgehead atoms. The second-order valence-corrected chi connectivity index (χ2v) is 6.04. The van der Waals surface area contributed by atoms with Crippen LogP contribution in [-0.4, -0.2) is 20.2 Å². The Hall–Kier alpha value is -1.33. The highest BCUT2D eigenvalue weighted by atomic mass is 35.5. The fourth-order valence-corrected chi connectivity index (χ4v) is 2.82. The van der Waals surface area contributed by atoms with Crippen LogP contribution in [0.3, 0.4) is 0 Å². The summed E-state index contributed by atoms with van der Waals surface area (Å²) in [4.78, 5) is 1.40. The Kier molecular flexibility index (Phi) is 4.54. The number of rotatable bonds is 3. The summed E-state index contributed by atoms with van der Waals surface area (Å²) in [5.74, 6) is 0.385. The van der Waals surface area contributed by atoms with Gasteiger partial charge in [0.25, 0.3) is 0 Å². The first-order valence-corrected chi connectivity index (χ1v) is 7.72. The molecule has 3 rings (SSSR count). The van der Waals surface area contributed by atoms with E-state index in [0.29, 0.717) is 38.0 Å². The monoisotopic (exact) mass is 372 g/mol. The molecular weight excluding hydrogens is 366 g/mol. The highest BCUT2D eigenvalue weighted by Crippen LogP contribution is 2.31. The van der Waals surface area contributed by atoms with Crippen molar-refractivity contribution in [1.82, 2.24) is 20.2 Å². The molecule has 0 radical (unpaired) electrons. The zero-order valence-electron chi connectivity index (χ0n) is 11.0. The predicted octanol–water partition coefficient (Wildman–Crippen LogP) is 5.00. The zero-order valence-corrected chi connectivity index (χ0v) is 14.0. The lowest BCUT2D eigenvalue weighted by molar-refractivity contribution is 0.573. The van der Waals surface area contributed by atoms with Crippen molar-refractivity contribution >= 4 is 46.4 Å². The standard InChI is InChI=1S/C14H8Cl4N4/c15-10-4-2-5-11(16)9(10)7-22-20-14(19-21-22)8-3-1-6-12(17)13(8)18/h1-6H,7H2. The molecule has 0 aliphatic rings. The lowest BCUT2D eigenvalue weighted by atomic mass is 10.2. The van der Waals surface area contributed by atoms with E-state index in [0.717, 1.165) is 5.56 Å². The first-order chi connectivity index (χ1) is 10.6. The van der Waals surface area contributed by atoms with E-state index in [1.165, 1.54) is 4.80 Å². The van der Waals surface area contributed by atoms with Crippen molar-refractivity contribution in [3.05, 3.63) is 62.1 Å². The van der Waals surface area contributed by atoms with Crippen LogP contribution in [0, 0.1) is 0 Å². The molecule has 22 heavy (non-hydrogen) atoms. The summed E-state index contributed by atoms with van der Waals surface area (Å²) in [5, 5.41) is 14.2. The number of halogens is 4. The van der Waals surface area contributed by atoms with Gasteiger partial charge in [-0.05, 0) is 29.5 Å². The van der Waals surface area contributed by atoms with Crippen LogP contribution in [0.25, 0.3) is 11.4 Å². The largest absolute Gasteiger partial charge is 0.206 e. The van der Waals surface area contributed by atoms with Crippen LogP contribution in [0.4, 0.5) is 0 Å². The number of hydrogen-bond donors (Lipinski definition) is 0. The van der Waals surface area contributed by atoms with Crippen LogP contribution in [-0.2, 0) is 6.54 Å². The molecule has 3 aromatic rings. The Morgan fingerprint density at radius 2 is 1.50 bits per heavy atom. The summed E-state index contributed by atoms with van der Waals surface area (Å²) in [6, 6.07) is 10.5. The maximum Gasteiger partial charge on any atom is 0.206 e. The molecule has 0 N–H and O–H groups in total. The van der Waals surface area contributed by atoms with E-state index >= 15 is 0 Å². The van der Waals surface area contributed by atoms with E-state index in [4.69, 9.17) is 46.4 Å². The van der Waals surface area contributed by atoms with Crippen molar-refractivity contribution in [2.75, 3.05) is 0 Å². The van der Waals surface area contributed by atoms with Crippen LogP contribution in [0.15, 0.2) is 36.4 Å². The third-order valence-electron chi connectivity index (χ3n) is 3.01. The van der Waals surface area contributed by atoms with E-state index in [-0.39, 0.29) is 0 Å². The lowest BCUT2D eigenvalue weighted by Gasteiger charge is -2.05. The smallest absolute Gasteiger partial charge is 0.159 e. The summed E-state index contributed by atoms with van der Waals surface area (Å²) < 4.78 is 0. The molecule has 112 valence electrons. The van der Waals surface area contributed by atoms with Crippen LogP contribution < -0.4 is 0 Å². The van der Waals surface area contributed by atoms with Crippen molar-refractivity contribution in [3.63, 3.8) is 0 Å². The van der Waals surface area contributed by atoms with Gasteiger partial charge in [0.2, 0.25) is 5.82 Å². The molecule has 0 fully saturated rings. The van der Waals surface area contributed by atoms with Gasteiger partial charge in [0.15, 0.2) is 0 Å². The van der Waals surface area contributed by atoms with Crippen molar-refractivity contribution in [2.24, 2.45) is 0 Å². The molecule has 1 heterocycles. The maximum absolute atomic E-state index is 6.16. The Labute approximate surface area is 146 Å². The summed E-state index contributed by atoms with van der Waals surface area (Å²) in [5.41, 5.74) is 1.35. The summed E-state index contributed by atoms with van der Waals surface area (Å²) in [7, 11) is 0. The van der Waals surface area contributed by atoms with Gasteiger partial charge in [-0.15, -0.1) is 10.2 Å². The molecular formula is C14H8Cl4N4. The van der Waals surface area contributed by atoms with E-state index < -0.39 is 0 Å². The molecule has 8 heteroatoms. The third-order valence-corrected chi connectivity index (χ3v) is 4.53. The minimum absolute atomic E-state index is 0.309. The van der Waals surface area contributed by atoms with E-state index in [2.05, 4.69) is 15.4 Å². The molecule has 0 amide bonds. The first kappa shape index (κ1) is 15.6. The van der Waals surface area contributed by atoms with Gasteiger partial charge in [-0.25, -0.2) is 0 Å². The molecule has 0 saturated carbocycles. The zero-order chi connectivity index (χ0) is 15.7. The highest BCUT2D eigenvalue weighted by molar-refractivity contribution is 6.43. The van der Waals surface area contributed by atoms with Gasteiger partial charge in [0.05, 0.1) is 16.6 Å². The van der Waals surface area contributed by atoms with Gasteiger partial charge in [-0.1, -0.05) is 58.5 Å². The van der Waals surface area contributed by atoms with E-state index in [1.807, 2.05) is 0 Å². The Bertz CT molecular complexity index is 811. The van der Waals surface area contributed by atoms with Crippen molar-refractivity contribution in [2.45, 2.75) is 6.54 Å². The summed E-state index contributed by atoms with van der Waals surface area (Å²) in [6.45, 7) is 0.309. The van der Waals surface area contributed by atoms with Crippen molar-refractivity contribution in [1.29, 1.82) is 0 Å². The molecule has 0 unspecified atom stereocenters. The van der Waals surface area contributed by atoms with Gasteiger partial charge in [-0.2, -0.15) is 4.80 Å². The van der Waals surface area contributed by atoms with Gasteiger partial charge in [0, 0.05) is 21.2 Å². The number of tetrazole rings is 1. The highest BCUT2D eigenvalue weighted by Gasteiger charge is 2.13. The van der Waals surface area contributed by atoms with Crippen LogP contribution >= 0.6 is 46.4 Å². The average molecular weight is 374 g/mol. The summed E-state index contributed by atoms with van der Waals surface area (Å²) >= 11 is 24.4. The average Bonchev–Trinajstić information content (AvgIpc) is 2.94. The van der Waals surface area contributed by atoms with E-state index in [1.54, 1.807) is 36.4 Å². The Morgan fingerprint density at radius 1 is 0.864 bits per heavy atom. The van der Waals surface area contributed by atoms with Crippen LogP contribution in [0.2, 0.25) is 20.1 Å². The molecule has 2 aromatic carbocycles. The topological polar surface area (TPSA) is 43.6 Å². The van der Waals surface area contributed by atoms with Crippen molar-refractivity contribution < 1.29 is 0 Å². The number of aromatic nitrogens is 4. The van der Waals surface area contributed by atoms with Crippen LogP contribution in [0.1, 0.15) is 5.56 Å². The molecule has 0 aliphatic heterocycles. The predicted molar refractivity (Wildman–Crippen MR) is 88.8 cm³/mol. The van der Waals surface area contributed by atoms with Gasteiger partial charge in [0.1, 0.15) is 0 Å². The summed E-state index contributed by atoms with van der Waals surface area (Å²) in [6.07, 6.45) is 0. The molecule has 0 aliphatic carbocycles. The Balaban J connectivity index is 1.93. The minimum atomic E-state index is 0.309. The Morgan fingerprint density at radius 3 is 2.23 bits per heavy atom. The number of hydrogen-bond acceptors (Lipinski definition) is 3. The van der Waals surface area contributed by atoms with Gasteiger partial charge in [-0.3, -0.25) is 0 Å². The number of benzene rings is 2. The third kappa shape index (κ3) is 3.06. The van der Waals surface area contributed by atoms with Gasteiger partial charge >= 0.3 is 0 Å². The molecule has 0 saturated heterocycles. The fourth-order valence-electron chi connectivity index (χ4n) is 1.92. The minimum Gasteiger partial charge on any atom is -0.159 e. The maximum atomic E-state index is 6.16. The quantitative estimate of drug-likeness (QED) is 0.648. The molecule has 4 nitrogen and oxygen atoms in total. The second-order valence-electron chi connectivity index (χ2n) is 4.45. The van der Waals surface area contributed by atoms with Gasteiger partial charge < -0.3 is 0 Å². The van der Waals surface area contributed by atoms with Crippen molar-refractivity contribution in [3.8, 4) is 11.4 Å². The van der Waals surface area contributed by atoms with E-state index in [9.17, 15) is 0 Å². The molecule has 1 aromatic heterocycles. The SMILES string of the molecule is Clc1cccc(-c2nnn(Cc3c(Cl)cccc3Cl)n2)c1Cl.